The van der Waals surface area contributed by atoms with Gasteiger partial charge in [-0.25, -0.2) is 0 Å². The van der Waals surface area contributed by atoms with Crippen LogP contribution in [0.2, 0.25) is 0 Å². The molecule has 0 spiro atoms. The molecule has 3 nitrogen and oxygen atoms in total. The lowest BCUT2D eigenvalue weighted by molar-refractivity contribution is -0.155. The Morgan fingerprint density at radius 3 is 2.53 bits per heavy atom. The van der Waals surface area contributed by atoms with Gasteiger partial charge in [-0.3, -0.25) is 4.79 Å². The Morgan fingerprint density at radius 1 is 1.24 bits per heavy atom. The molecule has 0 aliphatic heterocycles. The zero-order valence-electron chi connectivity index (χ0n) is 11.4. The first kappa shape index (κ1) is 14.5. The third-order valence-corrected chi connectivity index (χ3v) is 3.26. The lowest BCUT2D eigenvalue weighted by Crippen LogP contribution is -2.25. The van der Waals surface area contributed by atoms with Gasteiger partial charge < -0.3 is 9.84 Å². The molecular formula is C14H26O3. The maximum absolute atomic E-state index is 11.6. The molecule has 0 aromatic heterocycles. The molecule has 1 saturated carbocycles. The number of aliphatic hydroxyl groups is 1. The van der Waals surface area contributed by atoms with E-state index >= 15 is 0 Å². The fraction of sp³-hybridized carbons (Fsp3) is 0.929. The Labute approximate surface area is 105 Å². The first-order valence-corrected chi connectivity index (χ1v) is 6.78. The normalized spacial score (nSPS) is 26.4. The summed E-state index contributed by atoms with van der Waals surface area (Å²) in [7, 11) is 0. The largest absolute Gasteiger partial charge is 0.460 e. The summed E-state index contributed by atoms with van der Waals surface area (Å²) >= 11 is 0. The second-order valence-electron chi connectivity index (χ2n) is 6.09. The van der Waals surface area contributed by atoms with Crippen LogP contribution in [0.4, 0.5) is 0 Å². The third-order valence-electron chi connectivity index (χ3n) is 3.26. The van der Waals surface area contributed by atoms with Crippen LogP contribution in [0.25, 0.3) is 0 Å². The Morgan fingerprint density at radius 2 is 1.88 bits per heavy atom. The van der Waals surface area contributed by atoms with E-state index in [1.807, 2.05) is 20.8 Å². The quantitative estimate of drug-likeness (QED) is 0.611. The van der Waals surface area contributed by atoms with Crippen molar-refractivity contribution in [3.63, 3.8) is 0 Å². The van der Waals surface area contributed by atoms with E-state index in [1.165, 1.54) is 12.8 Å². The fourth-order valence-electron chi connectivity index (χ4n) is 2.40. The van der Waals surface area contributed by atoms with Crippen molar-refractivity contribution in [2.24, 2.45) is 5.92 Å². The van der Waals surface area contributed by atoms with E-state index in [2.05, 4.69) is 0 Å². The number of hydrogen-bond acceptors (Lipinski definition) is 3. The van der Waals surface area contributed by atoms with Crippen LogP contribution in [0.3, 0.4) is 0 Å². The molecule has 0 unspecified atom stereocenters. The molecule has 17 heavy (non-hydrogen) atoms. The van der Waals surface area contributed by atoms with Crippen molar-refractivity contribution in [3.8, 4) is 0 Å². The van der Waals surface area contributed by atoms with Crippen LogP contribution >= 0.6 is 0 Å². The molecule has 0 amide bonds. The van der Waals surface area contributed by atoms with Gasteiger partial charge in [0.2, 0.25) is 0 Å². The van der Waals surface area contributed by atoms with E-state index < -0.39 is 5.60 Å². The maximum atomic E-state index is 11.6. The molecule has 0 heterocycles. The summed E-state index contributed by atoms with van der Waals surface area (Å²) in [5.41, 5.74) is -0.404. The number of aliphatic hydroxyl groups excluding tert-OH is 1. The number of rotatable bonds is 3. The van der Waals surface area contributed by atoms with E-state index in [-0.39, 0.29) is 18.0 Å². The number of esters is 1. The monoisotopic (exact) mass is 242 g/mol. The standard InChI is InChI=1S/C14H26O3/c1-14(2,3)17-13(16)10-9-11-7-5-4-6-8-12(11)15/h11-12,15H,4-10H2,1-3H3/t11-,12+/m1/s1. The van der Waals surface area contributed by atoms with E-state index in [0.717, 1.165) is 25.7 Å². The van der Waals surface area contributed by atoms with Crippen LogP contribution in [0, 0.1) is 5.92 Å². The molecule has 1 aliphatic carbocycles. The molecule has 0 saturated heterocycles. The fourth-order valence-corrected chi connectivity index (χ4v) is 2.40. The smallest absolute Gasteiger partial charge is 0.306 e. The van der Waals surface area contributed by atoms with Crippen LogP contribution in [-0.2, 0) is 9.53 Å². The number of carbonyl (C=O) groups is 1. The summed E-state index contributed by atoms with van der Waals surface area (Å²) in [5.74, 6) is 0.138. The minimum Gasteiger partial charge on any atom is -0.460 e. The summed E-state index contributed by atoms with van der Waals surface area (Å²) in [4.78, 5) is 11.6. The molecular weight excluding hydrogens is 216 g/mol. The van der Waals surface area contributed by atoms with Gasteiger partial charge in [0.1, 0.15) is 5.60 Å². The lowest BCUT2D eigenvalue weighted by Gasteiger charge is -2.22. The highest BCUT2D eigenvalue weighted by molar-refractivity contribution is 5.69. The van der Waals surface area contributed by atoms with E-state index in [1.54, 1.807) is 0 Å². The molecule has 2 atom stereocenters. The summed E-state index contributed by atoms with van der Waals surface area (Å²) in [6, 6.07) is 0. The van der Waals surface area contributed by atoms with Gasteiger partial charge in [0.15, 0.2) is 0 Å². The molecule has 1 rings (SSSR count). The Hall–Kier alpha value is -0.570. The van der Waals surface area contributed by atoms with Gasteiger partial charge in [0, 0.05) is 6.42 Å². The predicted octanol–water partition coefficient (Wildman–Crippen LogP) is 3.05. The van der Waals surface area contributed by atoms with Gasteiger partial charge in [0.05, 0.1) is 6.10 Å². The van der Waals surface area contributed by atoms with Gasteiger partial charge in [-0.2, -0.15) is 0 Å². The average molecular weight is 242 g/mol. The van der Waals surface area contributed by atoms with Gasteiger partial charge in [-0.05, 0) is 46.0 Å². The molecule has 0 aromatic carbocycles. The zero-order chi connectivity index (χ0) is 12.9. The average Bonchev–Trinajstić information content (AvgIpc) is 2.37. The Bertz CT molecular complexity index is 242. The van der Waals surface area contributed by atoms with Crippen molar-refractivity contribution in [3.05, 3.63) is 0 Å². The highest BCUT2D eigenvalue weighted by Crippen LogP contribution is 2.27. The van der Waals surface area contributed by atoms with Crippen molar-refractivity contribution in [2.75, 3.05) is 0 Å². The zero-order valence-corrected chi connectivity index (χ0v) is 11.4. The second kappa shape index (κ2) is 6.39. The number of ether oxygens (including phenoxy) is 1. The van der Waals surface area contributed by atoms with E-state index in [9.17, 15) is 9.90 Å². The highest BCUT2D eigenvalue weighted by atomic mass is 16.6. The van der Waals surface area contributed by atoms with Crippen molar-refractivity contribution >= 4 is 5.97 Å². The first-order valence-electron chi connectivity index (χ1n) is 6.78. The van der Waals surface area contributed by atoms with Gasteiger partial charge in [0.25, 0.3) is 0 Å². The number of carbonyl (C=O) groups excluding carboxylic acids is 1. The van der Waals surface area contributed by atoms with Gasteiger partial charge >= 0.3 is 5.97 Å². The summed E-state index contributed by atoms with van der Waals surface area (Å²) in [5, 5.41) is 9.94. The lowest BCUT2D eigenvalue weighted by atomic mass is 9.92. The summed E-state index contributed by atoms with van der Waals surface area (Å²) in [6.07, 6.45) is 6.40. The van der Waals surface area contributed by atoms with Crippen LogP contribution < -0.4 is 0 Å². The molecule has 1 fully saturated rings. The summed E-state index contributed by atoms with van der Waals surface area (Å²) < 4.78 is 5.27. The van der Waals surface area contributed by atoms with Crippen molar-refractivity contribution in [1.82, 2.24) is 0 Å². The van der Waals surface area contributed by atoms with Crippen molar-refractivity contribution < 1.29 is 14.6 Å². The molecule has 1 N–H and O–H groups in total. The maximum Gasteiger partial charge on any atom is 0.306 e. The third kappa shape index (κ3) is 6.06. The topological polar surface area (TPSA) is 46.5 Å². The Kier molecular flexibility index (Phi) is 5.44. The SMILES string of the molecule is CC(C)(C)OC(=O)CC[C@H]1CCCCC[C@@H]1O. The van der Waals surface area contributed by atoms with Crippen LogP contribution in [-0.4, -0.2) is 22.8 Å². The molecule has 0 bridgehead atoms. The van der Waals surface area contributed by atoms with Crippen LogP contribution in [0.5, 0.6) is 0 Å². The second-order valence-corrected chi connectivity index (χ2v) is 6.09. The van der Waals surface area contributed by atoms with Crippen molar-refractivity contribution in [2.45, 2.75) is 77.4 Å². The molecule has 0 radical (unpaired) electrons. The molecule has 100 valence electrons. The van der Waals surface area contributed by atoms with E-state index in [0.29, 0.717) is 6.42 Å². The first-order chi connectivity index (χ1) is 7.88. The molecule has 3 heteroatoms. The predicted molar refractivity (Wildman–Crippen MR) is 67.7 cm³/mol. The highest BCUT2D eigenvalue weighted by Gasteiger charge is 2.23. The van der Waals surface area contributed by atoms with Crippen molar-refractivity contribution in [1.29, 1.82) is 0 Å². The Balaban J connectivity index is 2.31. The van der Waals surface area contributed by atoms with Crippen LogP contribution in [0.15, 0.2) is 0 Å². The van der Waals surface area contributed by atoms with Crippen LogP contribution in [0.1, 0.15) is 65.7 Å². The van der Waals surface area contributed by atoms with E-state index in [4.69, 9.17) is 4.74 Å². The van der Waals surface area contributed by atoms with Gasteiger partial charge in [-0.1, -0.05) is 19.3 Å². The van der Waals surface area contributed by atoms with Gasteiger partial charge in [-0.15, -0.1) is 0 Å². The molecule has 1 aliphatic rings. The summed E-state index contributed by atoms with van der Waals surface area (Å²) in [6.45, 7) is 5.64. The minimum atomic E-state index is -0.404. The minimum absolute atomic E-state index is 0.144. The number of hydrogen-bond donors (Lipinski definition) is 1. The molecule has 0 aromatic rings.